The molecule has 3 rings (SSSR count). The van der Waals surface area contributed by atoms with Crippen LogP contribution in [0.2, 0.25) is 0 Å². The molecule has 2 aromatic carbocycles. The molecule has 0 aliphatic carbocycles. The van der Waals surface area contributed by atoms with E-state index in [9.17, 15) is 18.0 Å². The van der Waals surface area contributed by atoms with E-state index in [2.05, 4.69) is 15.5 Å². The van der Waals surface area contributed by atoms with Crippen molar-refractivity contribution < 1.29 is 32.0 Å². The Bertz CT molecular complexity index is 1110. The number of nitrogens with one attached hydrogen (secondary N) is 1. The summed E-state index contributed by atoms with van der Waals surface area (Å²) in [5, 5.41) is 10.8. The van der Waals surface area contributed by atoms with E-state index < -0.39 is 27.8 Å². The minimum atomic E-state index is -4.26. The molecule has 0 spiro atoms. The second-order valence-corrected chi connectivity index (χ2v) is 8.02. The maximum atomic E-state index is 11.9. The first-order valence-corrected chi connectivity index (χ1v) is 10.0. The van der Waals surface area contributed by atoms with E-state index in [1.54, 1.807) is 24.3 Å². The lowest BCUT2D eigenvalue weighted by molar-refractivity contribution is -0.222. The lowest BCUT2D eigenvalue weighted by Crippen LogP contribution is -2.42. The van der Waals surface area contributed by atoms with Gasteiger partial charge in [0.15, 0.2) is 5.57 Å². The summed E-state index contributed by atoms with van der Waals surface area (Å²) in [7, 11) is -4.26. The summed E-state index contributed by atoms with van der Waals surface area (Å²) in [5.74, 6) is -2.87. The van der Waals surface area contributed by atoms with E-state index in [4.69, 9.17) is 14.0 Å². The molecular formula is C19H17N3O7S. The Labute approximate surface area is 172 Å². The number of benzene rings is 2. The number of azo groups is 1. The van der Waals surface area contributed by atoms with Crippen molar-refractivity contribution in [2.45, 2.75) is 24.5 Å². The molecular weight excluding hydrogens is 414 g/mol. The Morgan fingerprint density at radius 2 is 1.37 bits per heavy atom. The molecule has 1 fully saturated rings. The number of hydrogen-bond donors (Lipinski definition) is 2. The molecule has 10 nitrogen and oxygen atoms in total. The predicted octanol–water partition coefficient (Wildman–Crippen LogP) is 3.48. The number of hydrogen-bond acceptors (Lipinski definition) is 9. The first kappa shape index (κ1) is 21.1. The van der Waals surface area contributed by atoms with Crippen molar-refractivity contribution in [3.63, 3.8) is 0 Å². The number of ether oxygens (including phenoxy) is 2. The largest absolute Gasteiger partial charge is 0.419 e. The van der Waals surface area contributed by atoms with Crippen molar-refractivity contribution in [1.82, 2.24) is 0 Å². The summed E-state index contributed by atoms with van der Waals surface area (Å²) in [6.07, 6.45) is 1.20. The molecule has 2 aromatic rings. The fraction of sp³-hybridized carbons (Fsp3) is 0.158. The van der Waals surface area contributed by atoms with E-state index in [0.717, 1.165) is 0 Å². The van der Waals surface area contributed by atoms with Gasteiger partial charge in [-0.3, -0.25) is 4.55 Å². The van der Waals surface area contributed by atoms with E-state index in [0.29, 0.717) is 17.1 Å². The van der Waals surface area contributed by atoms with Gasteiger partial charge in [0.25, 0.3) is 15.9 Å². The van der Waals surface area contributed by atoms with E-state index in [1.807, 2.05) is 0 Å². The van der Waals surface area contributed by atoms with Gasteiger partial charge in [-0.05, 0) is 48.5 Å². The normalized spacial score (nSPS) is 16.2. The molecule has 1 aliphatic rings. The summed E-state index contributed by atoms with van der Waals surface area (Å²) in [5.41, 5.74) is 1.22. The molecule has 2 N–H and O–H groups in total. The third-order valence-electron chi connectivity index (χ3n) is 3.78. The monoisotopic (exact) mass is 431 g/mol. The highest BCUT2D eigenvalue weighted by Gasteiger charge is 2.38. The number of rotatable bonds is 5. The van der Waals surface area contributed by atoms with Crippen LogP contribution in [0.25, 0.3) is 0 Å². The Balaban J connectivity index is 1.65. The van der Waals surface area contributed by atoms with Crippen LogP contribution in [-0.2, 0) is 29.2 Å². The number of carbonyl (C=O) groups excluding carboxylic acids is 2. The predicted molar refractivity (Wildman–Crippen MR) is 105 cm³/mol. The van der Waals surface area contributed by atoms with Gasteiger partial charge >= 0.3 is 11.9 Å². The maximum Gasteiger partial charge on any atom is 0.350 e. The van der Waals surface area contributed by atoms with E-state index in [1.165, 1.54) is 44.3 Å². The van der Waals surface area contributed by atoms with Gasteiger partial charge in [0, 0.05) is 25.7 Å². The minimum absolute atomic E-state index is 0.236. The van der Waals surface area contributed by atoms with Gasteiger partial charge in [-0.15, -0.1) is 0 Å². The molecule has 0 amide bonds. The zero-order chi connectivity index (χ0) is 21.9. The topological polar surface area (TPSA) is 144 Å². The molecule has 1 heterocycles. The van der Waals surface area contributed by atoms with Gasteiger partial charge in [0.05, 0.1) is 16.3 Å². The lowest BCUT2D eigenvalue weighted by atomic mass is 10.2. The Morgan fingerprint density at radius 3 is 1.83 bits per heavy atom. The standard InChI is InChI=1S/C19H17N3O7S/c1-19(2)28-17(23)16(18(24)29-19)11-20-12-3-5-13(6-4-12)21-22-14-7-9-15(10-8-14)30(25,26)27/h3-11,20H,1-2H3,(H,25,26,27). The smallest absolute Gasteiger partial charge is 0.350 e. The second-order valence-electron chi connectivity index (χ2n) is 6.60. The molecule has 0 saturated carbocycles. The molecule has 30 heavy (non-hydrogen) atoms. The number of esters is 2. The fourth-order valence-corrected chi connectivity index (χ4v) is 2.84. The Morgan fingerprint density at radius 1 is 0.900 bits per heavy atom. The highest BCUT2D eigenvalue weighted by atomic mass is 32.2. The lowest BCUT2D eigenvalue weighted by Gasteiger charge is -2.29. The van der Waals surface area contributed by atoms with Gasteiger partial charge in [-0.25, -0.2) is 9.59 Å². The summed E-state index contributed by atoms with van der Waals surface area (Å²) >= 11 is 0. The Hall–Kier alpha value is -3.57. The zero-order valence-electron chi connectivity index (χ0n) is 15.9. The summed E-state index contributed by atoms with van der Waals surface area (Å²) in [6, 6.07) is 11.8. The van der Waals surface area contributed by atoms with Gasteiger partial charge in [0.2, 0.25) is 0 Å². The first-order valence-electron chi connectivity index (χ1n) is 8.56. The van der Waals surface area contributed by atoms with Crippen molar-refractivity contribution >= 4 is 39.1 Å². The SMILES string of the molecule is CC1(C)OC(=O)C(=CNc2ccc(N=Nc3ccc(S(=O)(=O)O)cc3)cc2)C(=O)O1. The molecule has 0 bridgehead atoms. The number of cyclic esters (lactones) is 2. The van der Waals surface area contributed by atoms with Crippen LogP contribution in [0.5, 0.6) is 0 Å². The van der Waals surface area contributed by atoms with Crippen molar-refractivity contribution in [1.29, 1.82) is 0 Å². The van der Waals surface area contributed by atoms with Crippen LogP contribution in [0, 0.1) is 0 Å². The van der Waals surface area contributed by atoms with Gasteiger partial charge in [0.1, 0.15) is 0 Å². The van der Waals surface area contributed by atoms with Crippen LogP contribution >= 0.6 is 0 Å². The van der Waals surface area contributed by atoms with Gasteiger partial charge < -0.3 is 14.8 Å². The first-order chi connectivity index (χ1) is 14.0. The van der Waals surface area contributed by atoms with Crippen molar-refractivity contribution in [3.8, 4) is 0 Å². The van der Waals surface area contributed by atoms with Gasteiger partial charge in [-0.1, -0.05) is 0 Å². The molecule has 0 radical (unpaired) electrons. The average molecular weight is 431 g/mol. The second kappa shape index (κ2) is 8.05. The quantitative estimate of drug-likeness (QED) is 0.241. The molecule has 0 atom stereocenters. The molecule has 11 heteroatoms. The Kier molecular flexibility index (Phi) is 5.67. The summed E-state index contributed by atoms with van der Waals surface area (Å²) in [4.78, 5) is 23.5. The van der Waals surface area contributed by atoms with Crippen molar-refractivity contribution in [3.05, 3.63) is 60.3 Å². The van der Waals surface area contributed by atoms with E-state index >= 15 is 0 Å². The molecule has 1 saturated heterocycles. The van der Waals surface area contributed by atoms with Crippen LogP contribution in [-0.4, -0.2) is 30.7 Å². The highest BCUT2D eigenvalue weighted by molar-refractivity contribution is 7.85. The van der Waals surface area contributed by atoms with Gasteiger partial charge in [-0.2, -0.15) is 18.6 Å². The third kappa shape index (κ3) is 5.27. The third-order valence-corrected chi connectivity index (χ3v) is 4.65. The molecule has 0 aromatic heterocycles. The summed E-state index contributed by atoms with van der Waals surface area (Å²) < 4.78 is 41.0. The van der Waals surface area contributed by atoms with Crippen molar-refractivity contribution in [2.75, 3.05) is 5.32 Å². The minimum Gasteiger partial charge on any atom is -0.419 e. The molecule has 1 aliphatic heterocycles. The fourth-order valence-electron chi connectivity index (χ4n) is 2.36. The van der Waals surface area contributed by atoms with E-state index in [-0.39, 0.29) is 10.5 Å². The maximum absolute atomic E-state index is 11.9. The number of carbonyl (C=O) groups is 2. The van der Waals surface area contributed by atoms with Crippen LogP contribution in [0.15, 0.2) is 75.4 Å². The van der Waals surface area contributed by atoms with Crippen LogP contribution < -0.4 is 5.32 Å². The number of anilines is 1. The molecule has 0 unspecified atom stereocenters. The van der Waals surface area contributed by atoms with Crippen LogP contribution in [0.4, 0.5) is 17.1 Å². The zero-order valence-corrected chi connectivity index (χ0v) is 16.7. The van der Waals surface area contributed by atoms with Crippen molar-refractivity contribution in [2.24, 2.45) is 10.2 Å². The van der Waals surface area contributed by atoms with Crippen LogP contribution in [0.3, 0.4) is 0 Å². The highest BCUT2D eigenvalue weighted by Crippen LogP contribution is 2.24. The number of nitrogens with zero attached hydrogens (tertiary/aromatic N) is 2. The summed E-state index contributed by atoms with van der Waals surface area (Å²) in [6.45, 7) is 2.92. The van der Waals surface area contributed by atoms with Crippen LogP contribution in [0.1, 0.15) is 13.8 Å². The molecule has 156 valence electrons. The average Bonchev–Trinajstić information content (AvgIpc) is 2.65.